The molecule has 0 bridgehead atoms. The summed E-state index contributed by atoms with van der Waals surface area (Å²) in [7, 11) is 1.78. The zero-order chi connectivity index (χ0) is 11.4. The summed E-state index contributed by atoms with van der Waals surface area (Å²) in [4.78, 5) is 12.3. The van der Waals surface area contributed by atoms with E-state index in [-0.39, 0.29) is 0 Å². The van der Waals surface area contributed by atoms with Crippen molar-refractivity contribution < 1.29 is 4.74 Å². The van der Waals surface area contributed by atoms with E-state index in [1.165, 1.54) is 0 Å². The molecule has 2 aromatic rings. The van der Waals surface area contributed by atoms with E-state index in [0.29, 0.717) is 17.4 Å². The first-order valence-electron chi connectivity index (χ1n) is 4.89. The summed E-state index contributed by atoms with van der Waals surface area (Å²) in [5.74, 6) is 1.80. The number of aromatic nitrogens is 3. The van der Waals surface area contributed by atoms with Crippen molar-refractivity contribution in [1.29, 1.82) is 0 Å². The lowest BCUT2D eigenvalue weighted by Gasteiger charge is -2.07. The SMILES string of the molecule is CNc1cncc(Oc2cccnc2C)n1. The smallest absolute Gasteiger partial charge is 0.239 e. The third kappa shape index (κ3) is 2.25. The first-order chi connectivity index (χ1) is 7.79. The van der Waals surface area contributed by atoms with Crippen LogP contribution in [0, 0.1) is 6.92 Å². The molecular formula is C11H12N4O. The van der Waals surface area contributed by atoms with Crippen LogP contribution in [-0.4, -0.2) is 22.0 Å². The van der Waals surface area contributed by atoms with E-state index in [4.69, 9.17) is 4.74 Å². The molecule has 82 valence electrons. The average molecular weight is 216 g/mol. The van der Waals surface area contributed by atoms with Crippen LogP contribution in [0.15, 0.2) is 30.7 Å². The summed E-state index contributed by atoms with van der Waals surface area (Å²) >= 11 is 0. The molecule has 0 radical (unpaired) electrons. The number of hydrogen-bond donors (Lipinski definition) is 1. The van der Waals surface area contributed by atoms with E-state index < -0.39 is 0 Å². The number of aryl methyl sites for hydroxylation is 1. The lowest BCUT2D eigenvalue weighted by molar-refractivity contribution is 0.455. The van der Waals surface area contributed by atoms with E-state index in [1.54, 1.807) is 25.6 Å². The van der Waals surface area contributed by atoms with Crippen molar-refractivity contribution in [1.82, 2.24) is 15.0 Å². The van der Waals surface area contributed by atoms with Gasteiger partial charge < -0.3 is 10.1 Å². The predicted octanol–water partition coefficient (Wildman–Crippen LogP) is 2.01. The monoisotopic (exact) mass is 216 g/mol. The zero-order valence-corrected chi connectivity index (χ0v) is 9.14. The largest absolute Gasteiger partial charge is 0.436 e. The van der Waals surface area contributed by atoms with Gasteiger partial charge in [-0.15, -0.1) is 0 Å². The number of anilines is 1. The van der Waals surface area contributed by atoms with Gasteiger partial charge in [0.2, 0.25) is 5.88 Å². The van der Waals surface area contributed by atoms with Gasteiger partial charge >= 0.3 is 0 Å². The molecule has 0 atom stereocenters. The van der Waals surface area contributed by atoms with Crippen molar-refractivity contribution in [3.8, 4) is 11.6 Å². The minimum absolute atomic E-state index is 0.447. The van der Waals surface area contributed by atoms with Crippen molar-refractivity contribution in [3.05, 3.63) is 36.4 Å². The van der Waals surface area contributed by atoms with Gasteiger partial charge in [0, 0.05) is 13.2 Å². The first-order valence-corrected chi connectivity index (χ1v) is 4.89. The Hall–Kier alpha value is -2.17. The van der Waals surface area contributed by atoms with Gasteiger partial charge in [-0.2, -0.15) is 4.98 Å². The van der Waals surface area contributed by atoms with E-state index in [9.17, 15) is 0 Å². The van der Waals surface area contributed by atoms with Gasteiger partial charge in [-0.05, 0) is 19.1 Å². The molecule has 5 heteroatoms. The van der Waals surface area contributed by atoms with Gasteiger partial charge in [0.1, 0.15) is 5.82 Å². The number of nitrogens with one attached hydrogen (secondary N) is 1. The fraction of sp³-hybridized carbons (Fsp3) is 0.182. The molecule has 0 aliphatic heterocycles. The van der Waals surface area contributed by atoms with Gasteiger partial charge in [0.25, 0.3) is 0 Å². The van der Waals surface area contributed by atoms with E-state index in [1.807, 2.05) is 19.1 Å². The molecule has 0 spiro atoms. The molecule has 0 aliphatic rings. The fourth-order valence-corrected chi connectivity index (χ4v) is 1.21. The van der Waals surface area contributed by atoms with Crippen LogP contribution in [0.3, 0.4) is 0 Å². The molecule has 0 aliphatic carbocycles. The third-order valence-electron chi connectivity index (χ3n) is 2.04. The Kier molecular flexibility index (Phi) is 2.95. The van der Waals surface area contributed by atoms with Crippen LogP contribution in [-0.2, 0) is 0 Å². The highest BCUT2D eigenvalue weighted by Gasteiger charge is 2.03. The predicted molar refractivity (Wildman–Crippen MR) is 60.6 cm³/mol. The standard InChI is InChI=1S/C11H12N4O/c1-8-9(4-3-5-14-8)16-11-7-13-6-10(12-2)15-11/h3-7H,1-2H3,(H,12,15). The fourth-order valence-electron chi connectivity index (χ4n) is 1.21. The Labute approximate surface area is 93.5 Å². The normalized spacial score (nSPS) is 9.88. The lowest BCUT2D eigenvalue weighted by Crippen LogP contribution is -1.97. The Morgan fingerprint density at radius 1 is 1.31 bits per heavy atom. The van der Waals surface area contributed by atoms with Gasteiger partial charge in [0.15, 0.2) is 5.75 Å². The molecule has 1 N–H and O–H groups in total. The van der Waals surface area contributed by atoms with E-state index >= 15 is 0 Å². The maximum atomic E-state index is 5.58. The second-order valence-corrected chi connectivity index (χ2v) is 3.18. The van der Waals surface area contributed by atoms with Crippen molar-refractivity contribution in [3.63, 3.8) is 0 Å². The topological polar surface area (TPSA) is 59.9 Å². The highest BCUT2D eigenvalue weighted by Crippen LogP contribution is 2.21. The van der Waals surface area contributed by atoms with Crippen molar-refractivity contribution in [2.24, 2.45) is 0 Å². The molecule has 2 heterocycles. The summed E-state index contributed by atoms with van der Waals surface area (Å²) in [6, 6.07) is 3.66. The number of hydrogen-bond acceptors (Lipinski definition) is 5. The van der Waals surface area contributed by atoms with Crippen LogP contribution in [0.5, 0.6) is 11.6 Å². The zero-order valence-electron chi connectivity index (χ0n) is 9.14. The second kappa shape index (κ2) is 4.57. The molecule has 0 amide bonds. The third-order valence-corrected chi connectivity index (χ3v) is 2.04. The molecule has 0 fully saturated rings. The first kappa shape index (κ1) is 10.4. The van der Waals surface area contributed by atoms with Gasteiger partial charge in [-0.3, -0.25) is 9.97 Å². The molecule has 2 aromatic heterocycles. The molecule has 0 saturated carbocycles. The maximum absolute atomic E-state index is 5.58. The molecule has 2 rings (SSSR count). The van der Waals surface area contributed by atoms with Crippen molar-refractivity contribution in [2.75, 3.05) is 12.4 Å². The van der Waals surface area contributed by atoms with Crippen LogP contribution in [0.2, 0.25) is 0 Å². The molecule has 5 nitrogen and oxygen atoms in total. The van der Waals surface area contributed by atoms with Gasteiger partial charge in [-0.1, -0.05) is 0 Å². The number of rotatable bonds is 3. The molecule has 16 heavy (non-hydrogen) atoms. The molecular weight excluding hydrogens is 204 g/mol. The highest BCUT2D eigenvalue weighted by molar-refractivity contribution is 5.35. The Bertz CT molecular complexity index is 487. The van der Waals surface area contributed by atoms with Crippen LogP contribution in [0.25, 0.3) is 0 Å². The quantitative estimate of drug-likeness (QED) is 0.850. The summed E-state index contributed by atoms with van der Waals surface area (Å²) in [5.41, 5.74) is 0.819. The summed E-state index contributed by atoms with van der Waals surface area (Å²) in [6.07, 6.45) is 4.91. The van der Waals surface area contributed by atoms with Crippen LogP contribution < -0.4 is 10.1 Å². The van der Waals surface area contributed by atoms with Gasteiger partial charge in [0.05, 0.1) is 18.1 Å². The number of ether oxygens (including phenoxy) is 1. The molecule has 0 aromatic carbocycles. The van der Waals surface area contributed by atoms with E-state index in [0.717, 1.165) is 5.69 Å². The van der Waals surface area contributed by atoms with E-state index in [2.05, 4.69) is 20.3 Å². The van der Waals surface area contributed by atoms with Gasteiger partial charge in [-0.25, -0.2) is 0 Å². The van der Waals surface area contributed by atoms with Crippen LogP contribution in [0.4, 0.5) is 5.82 Å². The van der Waals surface area contributed by atoms with Crippen molar-refractivity contribution in [2.45, 2.75) is 6.92 Å². The maximum Gasteiger partial charge on any atom is 0.239 e. The Morgan fingerprint density at radius 3 is 2.94 bits per heavy atom. The number of nitrogens with zero attached hydrogens (tertiary/aromatic N) is 3. The molecule has 0 saturated heterocycles. The second-order valence-electron chi connectivity index (χ2n) is 3.18. The Morgan fingerprint density at radius 2 is 2.19 bits per heavy atom. The highest BCUT2D eigenvalue weighted by atomic mass is 16.5. The Balaban J connectivity index is 2.24. The summed E-state index contributed by atoms with van der Waals surface area (Å²) in [6.45, 7) is 1.88. The van der Waals surface area contributed by atoms with Crippen LogP contribution >= 0.6 is 0 Å². The van der Waals surface area contributed by atoms with Crippen molar-refractivity contribution >= 4 is 5.82 Å². The minimum atomic E-state index is 0.447. The number of pyridine rings is 1. The molecule has 0 unspecified atom stereocenters. The minimum Gasteiger partial charge on any atom is -0.436 e. The summed E-state index contributed by atoms with van der Waals surface area (Å²) in [5, 5.41) is 2.90. The summed E-state index contributed by atoms with van der Waals surface area (Å²) < 4.78 is 5.58. The van der Waals surface area contributed by atoms with Crippen LogP contribution in [0.1, 0.15) is 5.69 Å². The average Bonchev–Trinajstić information content (AvgIpc) is 2.32. The lowest BCUT2D eigenvalue weighted by atomic mass is 10.3.